The summed E-state index contributed by atoms with van der Waals surface area (Å²) in [5.74, 6) is 0.907. The highest BCUT2D eigenvalue weighted by atomic mass is 16.5. The van der Waals surface area contributed by atoms with Gasteiger partial charge >= 0.3 is 0 Å². The number of rotatable bonds is 4. The number of hydrogen-bond acceptors (Lipinski definition) is 4. The van der Waals surface area contributed by atoms with Crippen molar-refractivity contribution in [2.24, 2.45) is 0 Å². The average Bonchev–Trinajstić information content (AvgIpc) is 3.10. The van der Waals surface area contributed by atoms with E-state index >= 15 is 0 Å². The smallest absolute Gasteiger partial charge is 0.254 e. The molecule has 2 aliphatic rings. The monoisotopic (exact) mass is 373 g/mol. The summed E-state index contributed by atoms with van der Waals surface area (Å²) in [6.07, 6.45) is 2.17. The molecule has 0 bridgehead atoms. The zero-order valence-corrected chi connectivity index (χ0v) is 15.7. The number of ether oxygens (including phenoxy) is 1. The number of para-hydroxylation sites is 1. The molecule has 5 nitrogen and oxygen atoms in total. The van der Waals surface area contributed by atoms with Gasteiger partial charge in [-0.05, 0) is 43.7 Å². The molecule has 0 saturated carbocycles. The van der Waals surface area contributed by atoms with Crippen LogP contribution in [0.5, 0.6) is 5.75 Å². The Balaban J connectivity index is 1.35. The predicted molar refractivity (Wildman–Crippen MR) is 108 cm³/mol. The SMILES string of the molecule is O=C1c2cccc(OCc3ccc4ccccc4n3)c2CN1C1CCCNC1. The lowest BCUT2D eigenvalue weighted by atomic mass is 10.1. The second-order valence-corrected chi connectivity index (χ2v) is 7.50. The molecule has 2 aliphatic heterocycles. The molecule has 28 heavy (non-hydrogen) atoms. The van der Waals surface area contributed by atoms with Crippen LogP contribution in [0, 0.1) is 0 Å². The Morgan fingerprint density at radius 1 is 1.11 bits per heavy atom. The number of fused-ring (bicyclic) bond motifs is 2. The van der Waals surface area contributed by atoms with Gasteiger partial charge in [0.1, 0.15) is 12.4 Å². The molecule has 1 aromatic heterocycles. The van der Waals surface area contributed by atoms with E-state index in [2.05, 4.69) is 22.4 Å². The highest BCUT2D eigenvalue weighted by Crippen LogP contribution is 2.33. The summed E-state index contributed by atoms with van der Waals surface area (Å²) in [6, 6.07) is 18.2. The van der Waals surface area contributed by atoms with Crippen LogP contribution in [0.1, 0.15) is 34.5 Å². The number of nitrogens with zero attached hydrogens (tertiary/aromatic N) is 2. The van der Waals surface area contributed by atoms with Crippen LogP contribution in [0.2, 0.25) is 0 Å². The molecule has 3 heterocycles. The van der Waals surface area contributed by atoms with Gasteiger partial charge in [-0.15, -0.1) is 0 Å². The number of amides is 1. The van der Waals surface area contributed by atoms with E-state index in [0.29, 0.717) is 13.2 Å². The number of piperidine rings is 1. The first-order chi connectivity index (χ1) is 13.8. The van der Waals surface area contributed by atoms with Crippen LogP contribution in [0.15, 0.2) is 54.6 Å². The van der Waals surface area contributed by atoms with Crippen molar-refractivity contribution in [2.45, 2.75) is 32.0 Å². The lowest BCUT2D eigenvalue weighted by molar-refractivity contribution is 0.0674. The third kappa shape index (κ3) is 3.12. The van der Waals surface area contributed by atoms with Crippen LogP contribution in [0.25, 0.3) is 10.9 Å². The largest absolute Gasteiger partial charge is 0.487 e. The quantitative estimate of drug-likeness (QED) is 0.760. The van der Waals surface area contributed by atoms with Gasteiger partial charge < -0.3 is 15.0 Å². The van der Waals surface area contributed by atoms with Crippen LogP contribution < -0.4 is 10.1 Å². The molecule has 1 unspecified atom stereocenters. The lowest BCUT2D eigenvalue weighted by Crippen LogP contribution is -2.46. The second-order valence-electron chi connectivity index (χ2n) is 7.50. The van der Waals surface area contributed by atoms with E-state index in [0.717, 1.165) is 59.4 Å². The van der Waals surface area contributed by atoms with Gasteiger partial charge in [-0.25, -0.2) is 4.98 Å². The van der Waals surface area contributed by atoms with Crippen molar-refractivity contribution in [1.82, 2.24) is 15.2 Å². The zero-order valence-electron chi connectivity index (χ0n) is 15.7. The number of carbonyl (C=O) groups is 1. The van der Waals surface area contributed by atoms with Gasteiger partial charge in [-0.1, -0.05) is 30.3 Å². The highest BCUT2D eigenvalue weighted by molar-refractivity contribution is 5.99. The third-order valence-corrected chi connectivity index (χ3v) is 5.70. The Kier molecular flexibility index (Phi) is 4.45. The molecule has 2 aromatic carbocycles. The van der Waals surface area contributed by atoms with Crippen molar-refractivity contribution in [3.63, 3.8) is 0 Å². The molecule has 1 fully saturated rings. The maximum absolute atomic E-state index is 12.9. The molecule has 1 N–H and O–H groups in total. The highest BCUT2D eigenvalue weighted by Gasteiger charge is 2.35. The Morgan fingerprint density at radius 3 is 2.93 bits per heavy atom. The predicted octanol–water partition coefficient (Wildman–Crippen LogP) is 3.52. The molecule has 1 saturated heterocycles. The van der Waals surface area contributed by atoms with Gasteiger partial charge in [0.05, 0.1) is 17.8 Å². The summed E-state index contributed by atoms with van der Waals surface area (Å²) >= 11 is 0. The molecule has 5 heteroatoms. The topological polar surface area (TPSA) is 54.5 Å². The summed E-state index contributed by atoms with van der Waals surface area (Å²) in [6.45, 7) is 2.93. The van der Waals surface area contributed by atoms with Crippen molar-refractivity contribution in [1.29, 1.82) is 0 Å². The summed E-state index contributed by atoms with van der Waals surface area (Å²) in [7, 11) is 0. The molecular weight excluding hydrogens is 350 g/mol. The third-order valence-electron chi connectivity index (χ3n) is 5.70. The molecule has 142 valence electrons. The Hall–Kier alpha value is -2.92. The van der Waals surface area contributed by atoms with Crippen LogP contribution in [-0.2, 0) is 13.2 Å². The first-order valence-electron chi connectivity index (χ1n) is 9.90. The van der Waals surface area contributed by atoms with Crippen molar-refractivity contribution >= 4 is 16.8 Å². The van der Waals surface area contributed by atoms with Crippen molar-refractivity contribution in [3.8, 4) is 5.75 Å². The maximum atomic E-state index is 12.9. The zero-order chi connectivity index (χ0) is 18.9. The van der Waals surface area contributed by atoms with Gasteiger partial charge in [0, 0.05) is 29.1 Å². The molecule has 1 amide bonds. The Labute approximate surface area is 164 Å². The van der Waals surface area contributed by atoms with Crippen molar-refractivity contribution < 1.29 is 9.53 Å². The molecule has 0 spiro atoms. The summed E-state index contributed by atoms with van der Waals surface area (Å²) in [5, 5.41) is 4.52. The van der Waals surface area contributed by atoms with E-state index in [4.69, 9.17) is 4.74 Å². The summed E-state index contributed by atoms with van der Waals surface area (Å²) < 4.78 is 6.11. The first-order valence-corrected chi connectivity index (χ1v) is 9.90. The number of benzene rings is 2. The van der Waals surface area contributed by atoms with E-state index in [-0.39, 0.29) is 11.9 Å². The molecule has 5 rings (SSSR count). The first kappa shape index (κ1) is 17.2. The number of hydrogen-bond donors (Lipinski definition) is 1. The number of carbonyl (C=O) groups excluding carboxylic acids is 1. The Morgan fingerprint density at radius 2 is 2.04 bits per heavy atom. The Bertz CT molecular complexity index is 1030. The van der Waals surface area contributed by atoms with E-state index in [9.17, 15) is 4.79 Å². The van der Waals surface area contributed by atoms with Crippen LogP contribution in [-0.4, -0.2) is 34.9 Å². The van der Waals surface area contributed by atoms with Crippen molar-refractivity contribution in [2.75, 3.05) is 13.1 Å². The fraction of sp³-hybridized carbons (Fsp3) is 0.304. The molecule has 3 aromatic rings. The number of pyridine rings is 1. The molecular formula is C23H23N3O2. The fourth-order valence-corrected chi connectivity index (χ4v) is 4.20. The fourth-order valence-electron chi connectivity index (χ4n) is 4.20. The van der Waals surface area contributed by atoms with E-state index < -0.39 is 0 Å². The van der Waals surface area contributed by atoms with Gasteiger partial charge in [0.25, 0.3) is 5.91 Å². The number of aromatic nitrogens is 1. The minimum atomic E-state index is 0.123. The molecule has 0 radical (unpaired) electrons. The van der Waals surface area contributed by atoms with Gasteiger partial charge in [-0.2, -0.15) is 0 Å². The second kappa shape index (κ2) is 7.24. The van der Waals surface area contributed by atoms with Gasteiger partial charge in [-0.3, -0.25) is 4.79 Å². The van der Waals surface area contributed by atoms with Gasteiger partial charge in [0.2, 0.25) is 0 Å². The maximum Gasteiger partial charge on any atom is 0.254 e. The van der Waals surface area contributed by atoms with E-state index in [1.807, 2.05) is 47.4 Å². The number of nitrogens with one attached hydrogen (secondary N) is 1. The van der Waals surface area contributed by atoms with Crippen LogP contribution in [0.4, 0.5) is 0 Å². The molecule has 0 aliphatic carbocycles. The normalized spacial score (nSPS) is 19.1. The molecule has 1 atom stereocenters. The van der Waals surface area contributed by atoms with Gasteiger partial charge in [0.15, 0.2) is 0 Å². The van der Waals surface area contributed by atoms with Crippen LogP contribution in [0.3, 0.4) is 0 Å². The van der Waals surface area contributed by atoms with E-state index in [1.54, 1.807) is 0 Å². The average molecular weight is 373 g/mol. The van der Waals surface area contributed by atoms with Crippen molar-refractivity contribution in [3.05, 3.63) is 71.4 Å². The summed E-state index contributed by atoms with van der Waals surface area (Å²) in [5.41, 5.74) is 3.62. The van der Waals surface area contributed by atoms with Crippen LogP contribution >= 0.6 is 0 Å². The summed E-state index contributed by atoms with van der Waals surface area (Å²) in [4.78, 5) is 19.6. The standard InChI is InChI=1S/C23H23N3O2/c27-23-19-7-3-9-22(20(19)14-26(23)18-6-4-12-24-13-18)28-15-17-11-10-16-5-1-2-8-21(16)25-17/h1-3,5,7-11,18,24H,4,6,12-15H2. The minimum absolute atomic E-state index is 0.123. The minimum Gasteiger partial charge on any atom is -0.487 e. The van der Waals surface area contributed by atoms with E-state index in [1.165, 1.54) is 0 Å². The lowest BCUT2D eigenvalue weighted by Gasteiger charge is -2.31.